The third kappa shape index (κ3) is 8.41. The quantitative estimate of drug-likeness (QED) is 0.330. The van der Waals surface area contributed by atoms with Gasteiger partial charge in [0.2, 0.25) is 0 Å². The monoisotopic (exact) mass is 514 g/mol. The van der Waals surface area contributed by atoms with Gasteiger partial charge in [-0.25, -0.2) is 8.42 Å². The number of aliphatic imine (C=N–C) groups is 1. The second kappa shape index (κ2) is 12.0. The lowest BCUT2D eigenvalue weighted by Crippen LogP contribution is -2.42. The highest BCUT2D eigenvalue weighted by atomic mass is 127. The van der Waals surface area contributed by atoms with Gasteiger partial charge in [-0.3, -0.25) is 9.89 Å². The zero-order chi connectivity index (χ0) is 18.1. The molecule has 26 heavy (non-hydrogen) atoms. The predicted molar refractivity (Wildman–Crippen MR) is 120 cm³/mol. The van der Waals surface area contributed by atoms with Crippen molar-refractivity contribution < 1.29 is 8.42 Å². The zero-order valence-electron chi connectivity index (χ0n) is 15.1. The summed E-state index contributed by atoms with van der Waals surface area (Å²) in [6.07, 6.45) is 0.827. The van der Waals surface area contributed by atoms with Crippen LogP contribution in [0.5, 0.6) is 0 Å². The van der Waals surface area contributed by atoms with Gasteiger partial charge in [0.05, 0.1) is 18.1 Å². The highest BCUT2D eigenvalue weighted by Crippen LogP contribution is 2.14. The average molecular weight is 515 g/mol. The van der Waals surface area contributed by atoms with Gasteiger partial charge in [0.1, 0.15) is 0 Å². The van der Waals surface area contributed by atoms with Crippen molar-refractivity contribution in [3.8, 4) is 0 Å². The van der Waals surface area contributed by atoms with E-state index in [0.717, 1.165) is 42.6 Å². The summed E-state index contributed by atoms with van der Waals surface area (Å²) in [4.78, 5) is 6.72. The number of benzene rings is 1. The van der Waals surface area contributed by atoms with Crippen LogP contribution in [-0.4, -0.2) is 70.1 Å². The summed E-state index contributed by atoms with van der Waals surface area (Å²) < 4.78 is 22.9. The maximum atomic E-state index is 11.4. The van der Waals surface area contributed by atoms with E-state index in [0.29, 0.717) is 19.6 Å². The van der Waals surface area contributed by atoms with Crippen LogP contribution < -0.4 is 10.6 Å². The van der Waals surface area contributed by atoms with E-state index in [1.165, 1.54) is 0 Å². The number of hydrogen-bond acceptors (Lipinski definition) is 4. The van der Waals surface area contributed by atoms with Crippen LogP contribution in [0.25, 0.3) is 0 Å². The highest BCUT2D eigenvalue weighted by molar-refractivity contribution is 14.0. The molecule has 0 atom stereocenters. The van der Waals surface area contributed by atoms with Gasteiger partial charge in [0.15, 0.2) is 15.8 Å². The Hall–Kier alpha value is -0.580. The lowest BCUT2D eigenvalue weighted by atomic mass is 10.1. The molecule has 1 fully saturated rings. The fraction of sp³-hybridized carbons (Fsp3) is 0.588. The molecule has 1 heterocycles. The summed E-state index contributed by atoms with van der Waals surface area (Å²) in [5.41, 5.74) is 1.11. The third-order valence-corrected chi connectivity index (χ3v) is 6.09. The lowest BCUT2D eigenvalue weighted by Gasteiger charge is -2.25. The van der Waals surface area contributed by atoms with Crippen LogP contribution >= 0.6 is 35.6 Å². The van der Waals surface area contributed by atoms with Gasteiger partial charge in [-0.1, -0.05) is 29.8 Å². The average Bonchev–Trinajstić information content (AvgIpc) is 2.58. The van der Waals surface area contributed by atoms with Crippen LogP contribution in [0.15, 0.2) is 29.3 Å². The third-order valence-electron chi connectivity index (χ3n) is 4.11. The van der Waals surface area contributed by atoms with E-state index < -0.39 is 9.84 Å². The van der Waals surface area contributed by atoms with Gasteiger partial charge in [-0.05, 0) is 25.0 Å². The molecule has 0 unspecified atom stereocenters. The second-order valence-corrected chi connectivity index (χ2v) is 8.73. The molecule has 2 rings (SSSR count). The molecule has 1 aromatic rings. The van der Waals surface area contributed by atoms with E-state index in [4.69, 9.17) is 11.6 Å². The fourth-order valence-electron chi connectivity index (χ4n) is 2.64. The van der Waals surface area contributed by atoms with Crippen LogP contribution in [0, 0.1) is 0 Å². The Bertz CT molecular complexity index is 671. The predicted octanol–water partition coefficient (Wildman–Crippen LogP) is 1.79. The second-order valence-electron chi connectivity index (χ2n) is 6.02. The van der Waals surface area contributed by atoms with E-state index in [9.17, 15) is 8.42 Å². The van der Waals surface area contributed by atoms with Gasteiger partial charge < -0.3 is 10.6 Å². The van der Waals surface area contributed by atoms with Crippen molar-refractivity contribution in [1.29, 1.82) is 0 Å². The smallest absolute Gasteiger partial charge is 0.191 e. The van der Waals surface area contributed by atoms with Crippen LogP contribution in [0.4, 0.5) is 0 Å². The van der Waals surface area contributed by atoms with E-state index in [2.05, 4.69) is 20.5 Å². The largest absolute Gasteiger partial charge is 0.357 e. The van der Waals surface area contributed by atoms with Gasteiger partial charge in [-0.2, -0.15) is 0 Å². The number of sulfone groups is 1. The Morgan fingerprint density at radius 3 is 2.58 bits per heavy atom. The van der Waals surface area contributed by atoms with Crippen LogP contribution in [0.3, 0.4) is 0 Å². The van der Waals surface area contributed by atoms with Crippen molar-refractivity contribution in [1.82, 2.24) is 15.5 Å². The number of halogens is 2. The fourth-order valence-corrected chi connectivity index (χ4v) is 4.14. The number of guanidine groups is 1. The maximum Gasteiger partial charge on any atom is 0.191 e. The first-order valence-electron chi connectivity index (χ1n) is 8.68. The van der Waals surface area contributed by atoms with E-state index >= 15 is 0 Å². The number of nitrogens with one attached hydrogen (secondary N) is 2. The summed E-state index contributed by atoms with van der Waals surface area (Å²) in [5.74, 6) is 1.29. The molecule has 9 heteroatoms. The summed E-state index contributed by atoms with van der Waals surface area (Å²) >= 11 is 6.17. The molecular formula is C17H28ClIN4O2S. The first kappa shape index (κ1) is 23.5. The molecule has 148 valence electrons. The van der Waals surface area contributed by atoms with Crippen molar-refractivity contribution in [3.05, 3.63) is 34.9 Å². The first-order valence-corrected chi connectivity index (χ1v) is 10.9. The molecule has 0 aliphatic carbocycles. The van der Waals surface area contributed by atoms with E-state index in [1.54, 1.807) is 0 Å². The summed E-state index contributed by atoms with van der Waals surface area (Å²) in [6.45, 7) is 6.19. The minimum absolute atomic E-state index is 0. The van der Waals surface area contributed by atoms with E-state index in [-0.39, 0.29) is 35.5 Å². The minimum Gasteiger partial charge on any atom is -0.357 e. The summed E-state index contributed by atoms with van der Waals surface area (Å²) in [6, 6.07) is 7.84. The lowest BCUT2D eigenvalue weighted by molar-refractivity contribution is 0.304. The standard InChI is InChI=1S/C17H27ClN4O2S.HI/c1-2-19-17(20-8-7-15-5-3-4-6-16(15)18)21-9-10-22-11-13-25(23,24)14-12-22;/h3-6H,2,7-14H2,1H3,(H2,19,20,21);1H. The maximum absolute atomic E-state index is 11.4. The van der Waals surface area contributed by atoms with Crippen molar-refractivity contribution in [3.63, 3.8) is 0 Å². The van der Waals surface area contributed by atoms with Crippen molar-refractivity contribution in [2.75, 3.05) is 50.8 Å². The van der Waals surface area contributed by atoms with Gasteiger partial charge in [0.25, 0.3) is 0 Å². The molecule has 6 nitrogen and oxygen atoms in total. The normalized spacial score (nSPS) is 17.4. The highest BCUT2D eigenvalue weighted by Gasteiger charge is 2.20. The first-order chi connectivity index (χ1) is 12.0. The molecule has 1 aromatic carbocycles. The van der Waals surface area contributed by atoms with Gasteiger partial charge in [0, 0.05) is 37.7 Å². The van der Waals surface area contributed by atoms with Gasteiger partial charge >= 0.3 is 0 Å². The molecule has 2 N–H and O–H groups in total. The van der Waals surface area contributed by atoms with Crippen LogP contribution in [-0.2, 0) is 16.3 Å². The Morgan fingerprint density at radius 1 is 1.23 bits per heavy atom. The minimum atomic E-state index is -2.82. The van der Waals surface area contributed by atoms with Crippen molar-refractivity contribution in [2.24, 2.45) is 4.99 Å². The Labute approximate surface area is 178 Å². The van der Waals surface area contributed by atoms with E-state index in [1.807, 2.05) is 31.2 Å². The molecule has 0 radical (unpaired) electrons. The molecule has 1 saturated heterocycles. The van der Waals surface area contributed by atoms with Crippen molar-refractivity contribution >= 4 is 51.4 Å². The Balaban J connectivity index is 0.00000338. The molecule has 0 amide bonds. The number of rotatable bonds is 7. The number of nitrogens with zero attached hydrogens (tertiary/aromatic N) is 2. The molecule has 1 aliphatic heterocycles. The topological polar surface area (TPSA) is 73.8 Å². The van der Waals surface area contributed by atoms with Crippen molar-refractivity contribution in [2.45, 2.75) is 13.3 Å². The Morgan fingerprint density at radius 2 is 1.92 bits per heavy atom. The molecule has 0 aromatic heterocycles. The molecule has 0 bridgehead atoms. The molecular weight excluding hydrogens is 487 g/mol. The Kier molecular flexibility index (Phi) is 10.8. The zero-order valence-corrected chi connectivity index (χ0v) is 19.0. The molecule has 0 saturated carbocycles. The molecule has 0 spiro atoms. The summed E-state index contributed by atoms with van der Waals surface area (Å²) in [7, 11) is -2.82. The van der Waals surface area contributed by atoms with Crippen LogP contribution in [0.2, 0.25) is 5.02 Å². The number of hydrogen-bond donors (Lipinski definition) is 2. The summed E-state index contributed by atoms with van der Waals surface area (Å²) in [5, 5.41) is 7.32. The molecule has 1 aliphatic rings. The van der Waals surface area contributed by atoms with Gasteiger partial charge in [-0.15, -0.1) is 24.0 Å². The SMILES string of the molecule is CCNC(=NCCN1CCS(=O)(=O)CC1)NCCc1ccccc1Cl.I. The van der Waals surface area contributed by atoms with Crippen LogP contribution in [0.1, 0.15) is 12.5 Å².